The Balaban J connectivity index is 1.18. The lowest BCUT2D eigenvalue weighted by atomic mass is 9.98. The summed E-state index contributed by atoms with van der Waals surface area (Å²) in [4.78, 5) is 45.9. The number of nitrogens with one attached hydrogen (secondary N) is 1. The predicted octanol–water partition coefficient (Wildman–Crippen LogP) is 4.71. The van der Waals surface area contributed by atoms with Crippen LogP contribution in [0.15, 0.2) is 85.2 Å². The van der Waals surface area contributed by atoms with E-state index < -0.39 is 23.5 Å². The Morgan fingerprint density at radius 2 is 1.62 bits per heavy atom. The number of hydrogen-bond donors (Lipinski definition) is 1. The van der Waals surface area contributed by atoms with Gasteiger partial charge in [-0.25, -0.2) is 13.6 Å². The number of aromatic nitrogens is 1. The number of amides is 2. The highest BCUT2D eigenvalue weighted by Crippen LogP contribution is 2.28. The molecule has 0 aliphatic carbocycles. The minimum atomic E-state index is -0.865. The monoisotopic (exact) mass is 570 g/mol. The zero-order valence-corrected chi connectivity index (χ0v) is 22.8. The summed E-state index contributed by atoms with van der Waals surface area (Å²) in [6.45, 7) is 2.45. The van der Waals surface area contributed by atoms with Crippen LogP contribution in [0.5, 0.6) is 0 Å². The number of nitrogens with zero attached hydrogens (tertiary/aromatic N) is 3. The molecule has 3 aromatic carbocycles. The van der Waals surface area contributed by atoms with Gasteiger partial charge in [-0.1, -0.05) is 24.3 Å². The van der Waals surface area contributed by atoms with E-state index in [1.165, 1.54) is 24.3 Å². The summed E-state index contributed by atoms with van der Waals surface area (Å²) in [6, 6.07) is 18.5. The van der Waals surface area contributed by atoms with Crippen molar-refractivity contribution in [1.82, 2.24) is 15.2 Å². The van der Waals surface area contributed by atoms with Gasteiger partial charge in [0, 0.05) is 55.6 Å². The molecule has 0 unspecified atom stereocenters. The molecule has 1 aromatic heterocycles. The van der Waals surface area contributed by atoms with E-state index in [1.807, 2.05) is 12.1 Å². The van der Waals surface area contributed by atoms with Crippen molar-refractivity contribution in [1.29, 1.82) is 0 Å². The van der Waals surface area contributed by atoms with Crippen LogP contribution in [0.4, 0.5) is 14.5 Å². The lowest BCUT2D eigenvalue weighted by Crippen LogP contribution is -2.48. The van der Waals surface area contributed by atoms with E-state index in [2.05, 4.69) is 19.9 Å². The van der Waals surface area contributed by atoms with Gasteiger partial charge in [-0.2, -0.15) is 0 Å². The van der Waals surface area contributed by atoms with Gasteiger partial charge in [0.25, 0.3) is 11.8 Å². The molecular weight excluding hydrogens is 542 g/mol. The lowest BCUT2D eigenvalue weighted by molar-refractivity contribution is 0.0596. The molecule has 8 nitrogen and oxygen atoms in total. The van der Waals surface area contributed by atoms with Gasteiger partial charge in [0.1, 0.15) is 17.2 Å². The average molecular weight is 571 g/mol. The predicted molar refractivity (Wildman–Crippen MR) is 153 cm³/mol. The van der Waals surface area contributed by atoms with Crippen LogP contribution < -0.4 is 10.2 Å². The number of piperazine rings is 1. The Kier molecular flexibility index (Phi) is 8.52. The molecule has 2 amide bonds. The SMILES string of the molecule is COC(=O)c1c(F)cccc1-c1ccc(CNC(=O)c2ccc(C(=O)N3CCN(c4cccnc4)CC3)cc2)c(F)c1. The molecule has 1 fully saturated rings. The molecule has 214 valence electrons. The fourth-order valence-electron chi connectivity index (χ4n) is 4.87. The highest BCUT2D eigenvalue weighted by molar-refractivity contribution is 5.98. The molecule has 0 saturated carbocycles. The van der Waals surface area contributed by atoms with Crippen LogP contribution in [0.2, 0.25) is 0 Å². The van der Waals surface area contributed by atoms with Crippen LogP contribution in [-0.2, 0) is 11.3 Å². The van der Waals surface area contributed by atoms with Crippen molar-refractivity contribution in [2.45, 2.75) is 6.54 Å². The topological polar surface area (TPSA) is 91.8 Å². The number of halogens is 2. The summed E-state index contributed by atoms with van der Waals surface area (Å²) in [5, 5.41) is 2.68. The standard InChI is InChI=1S/C32H28F2N4O4/c1-42-32(41)29-26(5-2-6-27(29)33)23-11-12-24(28(34)18-23)19-36-30(39)21-7-9-22(10-8-21)31(40)38-16-14-37(15-17-38)25-4-3-13-35-20-25/h2-13,18,20H,14-17,19H2,1H3,(H,36,39). The molecule has 4 aromatic rings. The Morgan fingerprint density at radius 3 is 2.29 bits per heavy atom. The zero-order valence-electron chi connectivity index (χ0n) is 22.8. The molecular formula is C32H28F2N4O4. The van der Waals surface area contributed by atoms with Crippen LogP contribution in [-0.4, -0.2) is 61.0 Å². The number of hydrogen-bond acceptors (Lipinski definition) is 6. The van der Waals surface area contributed by atoms with Crippen molar-refractivity contribution in [2.75, 3.05) is 38.2 Å². The first-order chi connectivity index (χ1) is 20.4. The number of methoxy groups -OCH3 is 1. The second-order valence-corrected chi connectivity index (χ2v) is 9.71. The third-order valence-electron chi connectivity index (χ3n) is 7.18. The fourth-order valence-corrected chi connectivity index (χ4v) is 4.87. The number of anilines is 1. The quantitative estimate of drug-likeness (QED) is 0.324. The molecule has 1 aliphatic heterocycles. The first-order valence-corrected chi connectivity index (χ1v) is 13.3. The van der Waals surface area contributed by atoms with Gasteiger partial charge in [0.05, 0.1) is 19.0 Å². The average Bonchev–Trinajstić information content (AvgIpc) is 3.03. The zero-order chi connectivity index (χ0) is 29.6. The smallest absolute Gasteiger partial charge is 0.341 e. The molecule has 0 bridgehead atoms. The third-order valence-corrected chi connectivity index (χ3v) is 7.18. The number of ether oxygens (including phenoxy) is 1. The van der Waals surface area contributed by atoms with Gasteiger partial charge in [-0.15, -0.1) is 0 Å². The molecule has 42 heavy (non-hydrogen) atoms. The summed E-state index contributed by atoms with van der Waals surface area (Å²) in [5.41, 5.74) is 2.24. The lowest BCUT2D eigenvalue weighted by Gasteiger charge is -2.36. The van der Waals surface area contributed by atoms with E-state index in [0.29, 0.717) is 42.9 Å². The van der Waals surface area contributed by atoms with Crippen molar-refractivity contribution < 1.29 is 27.9 Å². The summed E-state index contributed by atoms with van der Waals surface area (Å²) in [5.74, 6) is -2.80. The minimum Gasteiger partial charge on any atom is -0.465 e. The molecule has 2 heterocycles. The molecule has 1 aliphatic rings. The number of rotatable bonds is 7. The first-order valence-electron chi connectivity index (χ1n) is 13.3. The Labute approximate surface area is 241 Å². The van der Waals surface area contributed by atoms with Crippen molar-refractivity contribution >= 4 is 23.5 Å². The van der Waals surface area contributed by atoms with E-state index in [1.54, 1.807) is 47.6 Å². The highest BCUT2D eigenvalue weighted by atomic mass is 19.1. The first kappa shape index (κ1) is 28.4. The summed E-state index contributed by atoms with van der Waals surface area (Å²) < 4.78 is 33.9. The highest BCUT2D eigenvalue weighted by Gasteiger charge is 2.23. The number of carbonyl (C=O) groups excluding carboxylic acids is 3. The van der Waals surface area contributed by atoms with Crippen LogP contribution in [0.3, 0.4) is 0 Å². The normalized spacial score (nSPS) is 13.0. The number of pyridine rings is 1. The van der Waals surface area contributed by atoms with E-state index in [9.17, 15) is 23.2 Å². The van der Waals surface area contributed by atoms with Gasteiger partial charge >= 0.3 is 5.97 Å². The largest absolute Gasteiger partial charge is 0.465 e. The molecule has 1 N–H and O–H groups in total. The molecule has 1 saturated heterocycles. The fraction of sp³-hybridized carbons (Fsp3) is 0.188. The van der Waals surface area contributed by atoms with E-state index in [0.717, 1.165) is 18.9 Å². The Hall–Kier alpha value is -5.12. The third kappa shape index (κ3) is 6.12. The number of benzene rings is 3. The van der Waals surface area contributed by atoms with Crippen LogP contribution >= 0.6 is 0 Å². The Morgan fingerprint density at radius 1 is 0.881 bits per heavy atom. The summed E-state index contributed by atoms with van der Waals surface area (Å²) >= 11 is 0. The molecule has 0 spiro atoms. The molecule has 0 radical (unpaired) electrons. The summed E-state index contributed by atoms with van der Waals surface area (Å²) in [6.07, 6.45) is 3.53. The van der Waals surface area contributed by atoms with Crippen molar-refractivity contribution in [2.24, 2.45) is 0 Å². The van der Waals surface area contributed by atoms with Crippen LogP contribution in [0, 0.1) is 11.6 Å². The van der Waals surface area contributed by atoms with Crippen molar-refractivity contribution in [3.05, 3.63) is 119 Å². The maximum Gasteiger partial charge on any atom is 0.341 e. The van der Waals surface area contributed by atoms with E-state index in [4.69, 9.17) is 0 Å². The summed E-state index contributed by atoms with van der Waals surface area (Å²) in [7, 11) is 1.14. The van der Waals surface area contributed by atoms with Gasteiger partial charge in [0.2, 0.25) is 0 Å². The van der Waals surface area contributed by atoms with Gasteiger partial charge in [-0.3, -0.25) is 14.6 Å². The van der Waals surface area contributed by atoms with Gasteiger partial charge in [0.15, 0.2) is 0 Å². The van der Waals surface area contributed by atoms with E-state index >= 15 is 0 Å². The van der Waals surface area contributed by atoms with Crippen molar-refractivity contribution in [3.63, 3.8) is 0 Å². The maximum atomic E-state index is 14.9. The van der Waals surface area contributed by atoms with Crippen LogP contribution in [0.25, 0.3) is 11.1 Å². The maximum absolute atomic E-state index is 14.9. The minimum absolute atomic E-state index is 0.0974. The Bertz CT molecular complexity index is 1610. The second kappa shape index (κ2) is 12.6. The molecule has 5 rings (SSSR count). The number of carbonyl (C=O) groups is 3. The molecule has 10 heteroatoms. The molecule has 0 atom stereocenters. The van der Waals surface area contributed by atoms with Crippen molar-refractivity contribution in [3.8, 4) is 11.1 Å². The van der Waals surface area contributed by atoms with Crippen LogP contribution in [0.1, 0.15) is 36.6 Å². The van der Waals surface area contributed by atoms with Gasteiger partial charge in [-0.05, 0) is 59.7 Å². The van der Waals surface area contributed by atoms with Gasteiger partial charge < -0.3 is 19.9 Å². The van der Waals surface area contributed by atoms with E-state index in [-0.39, 0.29) is 29.1 Å². The number of esters is 1. The second-order valence-electron chi connectivity index (χ2n) is 9.71.